The lowest BCUT2D eigenvalue weighted by atomic mass is 9.98. The van der Waals surface area contributed by atoms with E-state index in [-0.39, 0.29) is 12.1 Å². The summed E-state index contributed by atoms with van der Waals surface area (Å²) in [7, 11) is 0. The van der Waals surface area contributed by atoms with Crippen molar-refractivity contribution >= 4 is 6.09 Å². The predicted octanol–water partition coefficient (Wildman–Crippen LogP) is 1.77. The highest BCUT2D eigenvalue weighted by molar-refractivity contribution is 5.70. The van der Waals surface area contributed by atoms with Crippen molar-refractivity contribution in [1.82, 2.24) is 10.6 Å². The molecule has 1 aliphatic rings. The van der Waals surface area contributed by atoms with Crippen LogP contribution in [0.15, 0.2) is 30.3 Å². The number of nitrogens with one attached hydrogen (secondary N) is 2. The van der Waals surface area contributed by atoms with E-state index < -0.39 is 0 Å². The normalized spacial score (nSPS) is 24.1. The van der Waals surface area contributed by atoms with Crippen LogP contribution < -0.4 is 15.4 Å². The quantitative estimate of drug-likeness (QED) is 0.820. The molecule has 0 aliphatic carbocycles. The number of carbonyl (C=O) groups excluding carboxylic acids is 1. The number of hydrogen-bond acceptors (Lipinski definition) is 3. The highest BCUT2D eigenvalue weighted by Crippen LogP contribution is 2.11. The van der Waals surface area contributed by atoms with Crippen molar-refractivity contribution in [2.75, 3.05) is 13.1 Å². The topological polar surface area (TPSA) is 50.4 Å². The molecule has 0 radical (unpaired) electrons. The molecular weight excluding hydrogens is 216 g/mol. The highest BCUT2D eigenvalue weighted by Gasteiger charge is 2.20. The fourth-order valence-electron chi connectivity index (χ4n) is 2.06. The van der Waals surface area contributed by atoms with Gasteiger partial charge < -0.3 is 15.4 Å². The van der Waals surface area contributed by atoms with Crippen molar-refractivity contribution in [3.05, 3.63) is 30.3 Å². The molecule has 0 saturated carbocycles. The standard InChI is InChI=1S/C13H18N2O2/c1-10-7-11(9-14-8-10)15-13(16)17-12-5-3-2-4-6-12/h2-6,10-11,14H,7-9H2,1H3,(H,15,16). The summed E-state index contributed by atoms with van der Waals surface area (Å²) in [6.07, 6.45) is 0.619. The van der Waals surface area contributed by atoms with E-state index in [1.807, 2.05) is 18.2 Å². The Hall–Kier alpha value is -1.55. The lowest BCUT2D eigenvalue weighted by Gasteiger charge is -2.27. The molecule has 17 heavy (non-hydrogen) atoms. The van der Waals surface area contributed by atoms with E-state index in [4.69, 9.17) is 4.74 Å². The summed E-state index contributed by atoms with van der Waals surface area (Å²) in [6.45, 7) is 4.00. The minimum Gasteiger partial charge on any atom is -0.410 e. The van der Waals surface area contributed by atoms with Gasteiger partial charge in [0.05, 0.1) is 0 Å². The number of ether oxygens (including phenoxy) is 1. The molecule has 0 aromatic heterocycles. The molecule has 1 amide bonds. The highest BCUT2D eigenvalue weighted by atomic mass is 16.6. The zero-order valence-corrected chi connectivity index (χ0v) is 9.98. The molecule has 1 fully saturated rings. The van der Waals surface area contributed by atoms with Crippen molar-refractivity contribution in [1.29, 1.82) is 0 Å². The summed E-state index contributed by atoms with van der Waals surface area (Å²) < 4.78 is 5.17. The van der Waals surface area contributed by atoms with Gasteiger partial charge in [-0.05, 0) is 31.0 Å². The van der Waals surface area contributed by atoms with E-state index in [0.717, 1.165) is 19.5 Å². The Balaban J connectivity index is 1.81. The van der Waals surface area contributed by atoms with E-state index in [1.165, 1.54) is 0 Å². The monoisotopic (exact) mass is 234 g/mol. The van der Waals surface area contributed by atoms with Gasteiger partial charge in [0, 0.05) is 12.6 Å². The van der Waals surface area contributed by atoms with Crippen molar-refractivity contribution in [3.8, 4) is 5.75 Å². The van der Waals surface area contributed by atoms with E-state index in [2.05, 4.69) is 17.6 Å². The molecule has 1 aromatic carbocycles. The van der Waals surface area contributed by atoms with Gasteiger partial charge in [0.2, 0.25) is 0 Å². The molecule has 2 atom stereocenters. The third-order valence-corrected chi connectivity index (χ3v) is 2.85. The van der Waals surface area contributed by atoms with Crippen molar-refractivity contribution < 1.29 is 9.53 Å². The first-order valence-electron chi connectivity index (χ1n) is 5.98. The number of benzene rings is 1. The number of amides is 1. The van der Waals surface area contributed by atoms with Crippen LogP contribution in [-0.2, 0) is 0 Å². The van der Waals surface area contributed by atoms with Crippen LogP contribution in [0.4, 0.5) is 4.79 Å². The zero-order valence-electron chi connectivity index (χ0n) is 9.98. The van der Waals surface area contributed by atoms with Crippen LogP contribution in [0.3, 0.4) is 0 Å². The summed E-state index contributed by atoms with van der Waals surface area (Å²) in [6, 6.07) is 9.26. The SMILES string of the molecule is CC1CNCC(NC(=O)Oc2ccccc2)C1. The molecule has 1 saturated heterocycles. The second-order valence-corrected chi connectivity index (χ2v) is 4.54. The van der Waals surface area contributed by atoms with Crippen LogP contribution in [-0.4, -0.2) is 25.2 Å². The van der Waals surface area contributed by atoms with Crippen molar-refractivity contribution in [2.45, 2.75) is 19.4 Å². The van der Waals surface area contributed by atoms with Crippen LogP contribution in [0, 0.1) is 5.92 Å². The third kappa shape index (κ3) is 3.75. The fourth-order valence-corrected chi connectivity index (χ4v) is 2.06. The summed E-state index contributed by atoms with van der Waals surface area (Å²) in [5, 5.41) is 6.16. The van der Waals surface area contributed by atoms with Crippen molar-refractivity contribution in [2.24, 2.45) is 5.92 Å². The Kier molecular flexibility index (Phi) is 3.98. The van der Waals surface area contributed by atoms with Gasteiger partial charge in [0.25, 0.3) is 0 Å². The maximum atomic E-state index is 11.6. The summed E-state index contributed by atoms with van der Waals surface area (Å²) in [5.74, 6) is 1.16. The van der Waals surface area contributed by atoms with Crippen molar-refractivity contribution in [3.63, 3.8) is 0 Å². The maximum Gasteiger partial charge on any atom is 0.412 e. The first-order chi connectivity index (χ1) is 8.24. The second kappa shape index (κ2) is 5.68. The van der Waals surface area contributed by atoms with Gasteiger partial charge in [-0.15, -0.1) is 0 Å². The van der Waals surface area contributed by atoms with Crippen LogP contribution in [0.5, 0.6) is 5.75 Å². The van der Waals surface area contributed by atoms with E-state index in [0.29, 0.717) is 11.7 Å². The minimum absolute atomic E-state index is 0.162. The molecule has 1 aromatic rings. The molecule has 0 bridgehead atoms. The lowest BCUT2D eigenvalue weighted by Crippen LogP contribution is -2.49. The van der Waals surface area contributed by atoms with Gasteiger partial charge in [0.1, 0.15) is 5.75 Å². The summed E-state index contributed by atoms with van der Waals surface area (Å²) in [4.78, 5) is 11.6. The van der Waals surface area contributed by atoms with Gasteiger partial charge in [-0.1, -0.05) is 25.1 Å². The van der Waals surface area contributed by atoms with Gasteiger partial charge in [-0.25, -0.2) is 4.79 Å². The number of para-hydroxylation sites is 1. The molecule has 4 heteroatoms. The molecule has 2 unspecified atom stereocenters. The molecule has 4 nitrogen and oxygen atoms in total. The first kappa shape index (κ1) is 11.9. The number of carbonyl (C=O) groups is 1. The van der Waals surface area contributed by atoms with Crippen LogP contribution >= 0.6 is 0 Å². The van der Waals surface area contributed by atoms with Gasteiger partial charge >= 0.3 is 6.09 Å². The van der Waals surface area contributed by atoms with Gasteiger partial charge in [-0.3, -0.25) is 0 Å². The lowest BCUT2D eigenvalue weighted by molar-refractivity contribution is 0.190. The van der Waals surface area contributed by atoms with E-state index in [9.17, 15) is 4.79 Å². The predicted molar refractivity (Wildman–Crippen MR) is 66.0 cm³/mol. The first-order valence-corrected chi connectivity index (χ1v) is 5.98. The Labute approximate surface area is 101 Å². The number of rotatable bonds is 2. The van der Waals surface area contributed by atoms with Gasteiger partial charge in [0.15, 0.2) is 0 Å². The molecule has 92 valence electrons. The van der Waals surface area contributed by atoms with Crippen LogP contribution in [0.25, 0.3) is 0 Å². The second-order valence-electron chi connectivity index (χ2n) is 4.54. The molecule has 1 aliphatic heterocycles. The summed E-state index contributed by atoms with van der Waals surface area (Å²) >= 11 is 0. The number of piperidine rings is 1. The van der Waals surface area contributed by atoms with Crippen LogP contribution in [0.1, 0.15) is 13.3 Å². The zero-order chi connectivity index (χ0) is 12.1. The Bertz CT molecular complexity index is 367. The fraction of sp³-hybridized carbons (Fsp3) is 0.462. The Morgan fingerprint density at radius 2 is 2.12 bits per heavy atom. The largest absolute Gasteiger partial charge is 0.412 e. The molecule has 2 N–H and O–H groups in total. The van der Waals surface area contributed by atoms with E-state index >= 15 is 0 Å². The smallest absolute Gasteiger partial charge is 0.410 e. The molecule has 1 heterocycles. The third-order valence-electron chi connectivity index (χ3n) is 2.85. The molecule has 0 spiro atoms. The average molecular weight is 234 g/mol. The Morgan fingerprint density at radius 3 is 2.82 bits per heavy atom. The van der Waals surface area contributed by atoms with E-state index in [1.54, 1.807) is 12.1 Å². The van der Waals surface area contributed by atoms with Gasteiger partial charge in [-0.2, -0.15) is 0 Å². The molecule has 2 rings (SSSR count). The Morgan fingerprint density at radius 1 is 1.35 bits per heavy atom. The van der Waals surface area contributed by atoms with Crippen LogP contribution in [0.2, 0.25) is 0 Å². The molecular formula is C13H18N2O2. The average Bonchev–Trinajstić information content (AvgIpc) is 2.30. The minimum atomic E-state index is -0.378. The maximum absolute atomic E-state index is 11.6. The number of hydrogen-bond donors (Lipinski definition) is 2. The summed E-state index contributed by atoms with van der Waals surface area (Å²) in [5.41, 5.74) is 0.